The van der Waals surface area contributed by atoms with Crippen molar-refractivity contribution in [1.82, 2.24) is 5.32 Å². The molecule has 0 aliphatic heterocycles. The highest BCUT2D eigenvalue weighted by Crippen LogP contribution is 2.42. The molecule has 1 aliphatic carbocycles. The fourth-order valence-electron chi connectivity index (χ4n) is 3.73. The van der Waals surface area contributed by atoms with E-state index in [1.165, 1.54) is 37.7 Å². The van der Waals surface area contributed by atoms with E-state index in [0.29, 0.717) is 17.0 Å². The third-order valence-electron chi connectivity index (χ3n) is 4.83. The summed E-state index contributed by atoms with van der Waals surface area (Å²) in [5, 5.41) is 5.27. The molecule has 3 unspecified atom stereocenters. The SMILES string of the molecule is CCCNC(c1ccc(Cl)cc1Cl)C1CCCCC1CC. The van der Waals surface area contributed by atoms with Crippen LogP contribution in [0.4, 0.5) is 0 Å². The first kappa shape index (κ1) is 17.1. The number of rotatable bonds is 6. The normalized spacial score (nSPS) is 24.0. The van der Waals surface area contributed by atoms with Gasteiger partial charge in [-0.1, -0.05) is 68.8 Å². The van der Waals surface area contributed by atoms with E-state index >= 15 is 0 Å². The van der Waals surface area contributed by atoms with Crippen LogP contribution in [0.5, 0.6) is 0 Å². The van der Waals surface area contributed by atoms with Crippen molar-refractivity contribution in [3.05, 3.63) is 33.8 Å². The van der Waals surface area contributed by atoms with Crippen LogP contribution in [0.3, 0.4) is 0 Å². The van der Waals surface area contributed by atoms with Crippen LogP contribution >= 0.6 is 23.2 Å². The van der Waals surface area contributed by atoms with Gasteiger partial charge < -0.3 is 5.32 Å². The Morgan fingerprint density at radius 1 is 1.19 bits per heavy atom. The zero-order valence-electron chi connectivity index (χ0n) is 13.2. The van der Waals surface area contributed by atoms with Gasteiger partial charge in [0.15, 0.2) is 0 Å². The molecule has 21 heavy (non-hydrogen) atoms. The maximum Gasteiger partial charge on any atom is 0.0468 e. The topological polar surface area (TPSA) is 12.0 Å². The molecule has 0 aromatic heterocycles. The Bertz CT molecular complexity index is 447. The number of benzene rings is 1. The zero-order chi connectivity index (χ0) is 15.2. The highest BCUT2D eigenvalue weighted by atomic mass is 35.5. The molecule has 1 aromatic carbocycles. The number of halogens is 2. The Labute approximate surface area is 139 Å². The Kier molecular flexibility index (Phi) is 6.85. The van der Waals surface area contributed by atoms with Gasteiger partial charge in [-0.05, 0) is 48.9 Å². The summed E-state index contributed by atoms with van der Waals surface area (Å²) in [5.41, 5.74) is 1.22. The van der Waals surface area contributed by atoms with E-state index in [4.69, 9.17) is 23.2 Å². The molecule has 0 saturated heterocycles. The van der Waals surface area contributed by atoms with E-state index in [2.05, 4.69) is 25.2 Å². The molecule has 0 spiro atoms. The van der Waals surface area contributed by atoms with Gasteiger partial charge in [-0.2, -0.15) is 0 Å². The first-order chi connectivity index (χ1) is 10.2. The second-order valence-electron chi connectivity index (χ2n) is 6.21. The van der Waals surface area contributed by atoms with Gasteiger partial charge >= 0.3 is 0 Å². The molecular formula is C18H27Cl2N. The average Bonchev–Trinajstić information content (AvgIpc) is 2.49. The van der Waals surface area contributed by atoms with Crippen molar-refractivity contribution < 1.29 is 0 Å². The average molecular weight is 328 g/mol. The summed E-state index contributed by atoms with van der Waals surface area (Å²) in [7, 11) is 0. The molecule has 0 radical (unpaired) electrons. The van der Waals surface area contributed by atoms with Crippen molar-refractivity contribution in [3.63, 3.8) is 0 Å². The van der Waals surface area contributed by atoms with E-state index < -0.39 is 0 Å². The molecule has 1 aliphatic rings. The molecule has 0 amide bonds. The fourth-order valence-corrected chi connectivity index (χ4v) is 4.25. The molecule has 2 rings (SSSR count). The predicted octanol–water partition coefficient (Wildman–Crippen LogP) is 6.25. The van der Waals surface area contributed by atoms with E-state index in [0.717, 1.165) is 23.9 Å². The van der Waals surface area contributed by atoms with Gasteiger partial charge in [0.05, 0.1) is 0 Å². The summed E-state index contributed by atoms with van der Waals surface area (Å²) in [6.07, 6.45) is 7.79. The predicted molar refractivity (Wildman–Crippen MR) is 93.2 cm³/mol. The summed E-state index contributed by atoms with van der Waals surface area (Å²) in [6, 6.07) is 6.31. The van der Waals surface area contributed by atoms with Crippen molar-refractivity contribution in [1.29, 1.82) is 0 Å². The first-order valence-electron chi connectivity index (χ1n) is 8.35. The van der Waals surface area contributed by atoms with E-state index in [1.54, 1.807) is 0 Å². The molecule has 1 N–H and O–H groups in total. The molecule has 1 saturated carbocycles. The highest BCUT2D eigenvalue weighted by Gasteiger charge is 2.32. The van der Waals surface area contributed by atoms with Gasteiger partial charge in [-0.3, -0.25) is 0 Å². The maximum absolute atomic E-state index is 6.49. The van der Waals surface area contributed by atoms with Crippen molar-refractivity contribution in [3.8, 4) is 0 Å². The first-order valence-corrected chi connectivity index (χ1v) is 9.11. The van der Waals surface area contributed by atoms with Gasteiger partial charge in [0.25, 0.3) is 0 Å². The fraction of sp³-hybridized carbons (Fsp3) is 0.667. The summed E-state index contributed by atoms with van der Waals surface area (Å²) < 4.78 is 0. The quantitative estimate of drug-likeness (QED) is 0.651. The Balaban J connectivity index is 2.27. The molecule has 1 fully saturated rings. The van der Waals surface area contributed by atoms with E-state index in [1.807, 2.05) is 12.1 Å². The molecule has 0 heterocycles. The molecule has 1 nitrogen and oxygen atoms in total. The van der Waals surface area contributed by atoms with Crippen LogP contribution < -0.4 is 5.32 Å². The number of nitrogens with one attached hydrogen (secondary N) is 1. The van der Waals surface area contributed by atoms with Crippen LogP contribution in [0.15, 0.2) is 18.2 Å². The third-order valence-corrected chi connectivity index (χ3v) is 5.39. The minimum absolute atomic E-state index is 0.361. The lowest BCUT2D eigenvalue weighted by Gasteiger charge is -2.38. The zero-order valence-corrected chi connectivity index (χ0v) is 14.7. The minimum atomic E-state index is 0.361. The lowest BCUT2D eigenvalue weighted by atomic mass is 9.72. The lowest BCUT2D eigenvalue weighted by molar-refractivity contribution is 0.175. The Morgan fingerprint density at radius 2 is 1.95 bits per heavy atom. The molecule has 118 valence electrons. The van der Waals surface area contributed by atoms with Gasteiger partial charge in [0.2, 0.25) is 0 Å². The molecular weight excluding hydrogens is 301 g/mol. The summed E-state index contributed by atoms with van der Waals surface area (Å²) >= 11 is 12.6. The van der Waals surface area contributed by atoms with E-state index in [9.17, 15) is 0 Å². The molecule has 0 bridgehead atoms. The highest BCUT2D eigenvalue weighted by molar-refractivity contribution is 6.35. The second-order valence-corrected chi connectivity index (χ2v) is 7.06. The summed E-state index contributed by atoms with van der Waals surface area (Å²) in [6.45, 7) is 5.57. The molecule has 3 heteroatoms. The maximum atomic E-state index is 6.49. The Hall–Kier alpha value is -0.240. The van der Waals surface area contributed by atoms with Crippen LogP contribution in [0.25, 0.3) is 0 Å². The van der Waals surface area contributed by atoms with Gasteiger partial charge in [0, 0.05) is 16.1 Å². The van der Waals surface area contributed by atoms with Crippen molar-refractivity contribution in [2.75, 3.05) is 6.54 Å². The van der Waals surface area contributed by atoms with Gasteiger partial charge in [0.1, 0.15) is 0 Å². The van der Waals surface area contributed by atoms with Crippen LogP contribution in [-0.4, -0.2) is 6.54 Å². The lowest BCUT2D eigenvalue weighted by Crippen LogP contribution is -2.35. The van der Waals surface area contributed by atoms with Crippen molar-refractivity contribution in [2.45, 2.75) is 58.4 Å². The van der Waals surface area contributed by atoms with Crippen molar-refractivity contribution >= 4 is 23.2 Å². The standard InChI is InChI=1S/C18H27Cl2N/c1-3-11-21-18(15-8-6-5-7-13(15)4-2)16-10-9-14(19)12-17(16)20/h9-10,12-13,15,18,21H,3-8,11H2,1-2H3. The summed E-state index contributed by atoms with van der Waals surface area (Å²) in [4.78, 5) is 0. The minimum Gasteiger partial charge on any atom is -0.310 e. The monoisotopic (exact) mass is 327 g/mol. The second kappa shape index (κ2) is 8.41. The van der Waals surface area contributed by atoms with Crippen LogP contribution in [0, 0.1) is 11.8 Å². The third kappa shape index (κ3) is 4.37. The van der Waals surface area contributed by atoms with Gasteiger partial charge in [-0.25, -0.2) is 0 Å². The molecule has 3 atom stereocenters. The Morgan fingerprint density at radius 3 is 2.62 bits per heavy atom. The molecule has 1 aromatic rings. The van der Waals surface area contributed by atoms with Gasteiger partial charge in [-0.15, -0.1) is 0 Å². The summed E-state index contributed by atoms with van der Waals surface area (Å²) in [5.74, 6) is 1.49. The number of hydrogen-bond donors (Lipinski definition) is 1. The van der Waals surface area contributed by atoms with Crippen LogP contribution in [0.2, 0.25) is 10.0 Å². The smallest absolute Gasteiger partial charge is 0.0468 e. The number of hydrogen-bond acceptors (Lipinski definition) is 1. The van der Waals surface area contributed by atoms with Crippen LogP contribution in [-0.2, 0) is 0 Å². The largest absolute Gasteiger partial charge is 0.310 e. The van der Waals surface area contributed by atoms with Crippen LogP contribution in [0.1, 0.15) is 64.0 Å². The van der Waals surface area contributed by atoms with E-state index in [-0.39, 0.29) is 0 Å². The van der Waals surface area contributed by atoms with Crippen molar-refractivity contribution in [2.24, 2.45) is 11.8 Å².